The van der Waals surface area contributed by atoms with Gasteiger partial charge in [-0.3, -0.25) is 0 Å². The van der Waals surface area contributed by atoms with Gasteiger partial charge in [-0.1, -0.05) is 11.6 Å². The minimum Gasteiger partial charge on any atom is -0.250 e. The fourth-order valence-corrected chi connectivity index (χ4v) is 0.357. The van der Waals surface area contributed by atoms with Gasteiger partial charge < -0.3 is 0 Å². The van der Waals surface area contributed by atoms with E-state index in [1.807, 2.05) is 0 Å². The molecule has 1 aromatic heterocycles. The minimum atomic E-state index is 0.308. The van der Waals surface area contributed by atoms with Crippen molar-refractivity contribution in [2.75, 3.05) is 0 Å². The van der Waals surface area contributed by atoms with Crippen LogP contribution in [0.25, 0.3) is 0 Å². The Balaban J connectivity index is 3.02. The van der Waals surface area contributed by atoms with Crippen molar-refractivity contribution in [2.24, 2.45) is 0 Å². The van der Waals surface area contributed by atoms with Crippen LogP contribution in [0.15, 0.2) is 12.4 Å². The molecule has 0 bridgehead atoms. The van der Waals surface area contributed by atoms with Crippen LogP contribution in [0, 0.1) is 6.20 Å². The van der Waals surface area contributed by atoms with Crippen molar-refractivity contribution in [3.05, 3.63) is 23.7 Å². The summed E-state index contributed by atoms with van der Waals surface area (Å²) >= 11 is 5.31. The second-order valence-corrected chi connectivity index (χ2v) is 1.32. The average molecular weight is 114 g/mol. The Kier molecular flexibility index (Phi) is 1.22. The van der Waals surface area contributed by atoms with Crippen molar-refractivity contribution >= 4 is 11.6 Å². The molecule has 0 amide bonds. The van der Waals surface area contributed by atoms with Crippen molar-refractivity contribution in [1.82, 2.24) is 9.97 Å². The SMILES string of the molecule is Clc1[c]nccn1. The first-order valence-corrected chi connectivity index (χ1v) is 2.11. The first-order chi connectivity index (χ1) is 3.39. The lowest BCUT2D eigenvalue weighted by Gasteiger charge is -1.77. The zero-order chi connectivity index (χ0) is 5.11. The molecule has 0 fully saturated rings. The number of hydrogen-bond donors (Lipinski definition) is 0. The van der Waals surface area contributed by atoms with Crippen LogP contribution in [-0.2, 0) is 0 Å². The summed E-state index contributed by atoms with van der Waals surface area (Å²) in [6, 6.07) is 0. The molecule has 1 aromatic rings. The third kappa shape index (κ3) is 1.12. The Morgan fingerprint density at radius 3 is 2.71 bits per heavy atom. The summed E-state index contributed by atoms with van der Waals surface area (Å²) in [4.78, 5) is 7.19. The van der Waals surface area contributed by atoms with Gasteiger partial charge in [0.05, 0.1) is 0 Å². The van der Waals surface area contributed by atoms with E-state index in [-0.39, 0.29) is 0 Å². The first kappa shape index (κ1) is 4.53. The molecule has 0 spiro atoms. The van der Waals surface area contributed by atoms with Gasteiger partial charge in [0.1, 0.15) is 6.20 Å². The zero-order valence-electron chi connectivity index (χ0n) is 3.43. The Bertz CT molecular complexity index is 140. The highest BCUT2D eigenvalue weighted by Crippen LogP contribution is 1.94. The molecular weight excluding hydrogens is 112 g/mol. The standard InChI is InChI=1S/C4H2ClN2/c5-4-3-6-1-2-7-4/h1-2H. The fraction of sp³-hybridized carbons (Fsp3) is 0. The molecule has 3 heteroatoms. The number of nitrogens with zero attached hydrogens (tertiary/aromatic N) is 2. The Morgan fingerprint density at radius 1 is 1.57 bits per heavy atom. The predicted octanol–water partition coefficient (Wildman–Crippen LogP) is 0.930. The maximum Gasteiger partial charge on any atom is 0.157 e. The van der Waals surface area contributed by atoms with Gasteiger partial charge in [-0.25, -0.2) is 9.97 Å². The molecule has 0 atom stereocenters. The van der Waals surface area contributed by atoms with Crippen molar-refractivity contribution in [1.29, 1.82) is 0 Å². The van der Waals surface area contributed by atoms with Crippen molar-refractivity contribution in [3.8, 4) is 0 Å². The number of hydrogen-bond acceptors (Lipinski definition) is 2. The lowest BCUT2D eigenvalue weighted by Crippen LogP contribution is -1.72. The van der Waals surface area contributed by atoms with Gasteiger partial charge in [0.15, 0.2) is 5.15 Å². The third-order valence-electron chi connectivity index (χ3n) is 0.486. The molecule has 0 aromatic carbocycles. The summed E-state index contributed by atoms with van der Waals surface area (Å²) in [7, 11) is 0. The summed E-state index contributed by atoms with van der Waals surface area (Å²) in [5, 5.41) is 0.308. The molecule has 7 heavy (non-hydrogen) atoms. The molecule has 1 radical (unpaired) electrons. The van der Waals surface area contributed by atoms with Crippen molar-refractivity contribution < 1.29 is 0 Å². The second-order valence-electron chi connectivity index (χ2n) is 0.959. The first-order valence-electron chi connectivity index (χ1n) is 1.74. The van der Waals surface area contributed by atoms with E-state index in [1.54, 1.807) is 0 Å². The number of aromatic nitrogens is 2. The van der Waals surface area contributed by atoms with Gasteiger partial charge in [-0.15, -0.1) is 0 Å². The van der Waals surface area contributed by atoms with E-state index in [0.717, 1.165) is 0 Å². The summed E-state index contributed by atoms with van der Waals surface area (Å²) in [6.45, 7) is 0. The maximum atomic E-state index is 5.31. The lowest BCUT2D eigenvalue weighted by molar-refractivity contribution is 1.19. The molecular formula is C4H2ClN2. The third-order valence-corrected chi connectivity index (χ3v) is 0.668. The van der Waals surface area contributed by atoms with Crippen LogP contribution in [0.3, 0.4) is 0 Å². The molecule has 0 saturated heterocycles. The van der Waals surface area contributed by atoms with Gasteiger partial charge in [-0.2, -0.15) is 0 Å². The van der Waals surface area contributed by atoms with Crippen LogP contribution in [0.1, 0.15) is 0 Å². The molecule has 2 nitrogen and oxygen atoms in total. The molecule has 0 unspecified atom stereocenters. The summed E-state index contributed by atoms with van der Waals surface area (Å²) < 4.78 is 0. The van der Waals surface area contributed by atoms with Crippen LogP contribution in [0.5, 0.6) is 0 Å². The second kappa shape index (κ2) is 1.89. The molecule has 1 heterocycles. The monoisotopic (exact) mass is 113 g/mol. The molecule has 0 aliphatic rings. The lowest BCUT2D eigenvalue weighted by atomic mass is 10.8. The quantitative estimate of drug-likeness (QED) is 0.500. The molecule has 0 saturated carbocycles. The van der Waals surface area contributed by atoms with Crippen LogP contribution in [0.4, 0.5) is 0 Å². The topological polar surface area (TPSA) is 25.8 Å². The highest BCUT2D eigenvalue weighted by atomic mass is 35.5. The molecule has 1 rings (SSSR count). The van der Waals surface area contributed by atoms with E-state index >= 15 is 0 Å². The van der Waals surface area contributed by atoms with Gasteiger partial charge in [0.2, 0.25) is 0 Å². The summed E-state index contributed by atoms with van der Waals surface area (Å²) in [5.74, 6) is 0. The average Bonchev–Trinajstić information content (AvgIpc) is 1.69. The molecule has 0 aliphatic heterocycles. The van der Waals surface area contributed by atoms with E-state index in [0.29, 0.717) is 5.15 Å². The van der Waals surface area contributed by atoms with E-state index in [9.17, 15) is 0 Å². The Labute approximate surface area is 46.2 Å². The maximum absolute atomic E-state index is 5.31. The minimum absolute atomic E-state index is 0.308. The Morgan fingerprint density at radius 2 is 2.43 bits per heavy atom. The van der Waals surface area contributed by atoms with Gasteiger partial charge in [0, 0.05) is 12.4 Å². The van der Waals surface area contributed by atoms with Crippen LogP contribution in [-0.4, -0.2) is 9.97 Å². The fourth-order valence-electron chi connectivity index (χ4n) is 0.252. The predicted molar refractivity (Wildman–Crippen MR) is 25.9 cm³/mol. The normalized spacial score (nSPS) is 8.71. The highest BCUT2D eigenvalue weighted by molar-refractivity contribution is 6.29. The molecule has 35 valence electrons. The summed E-state index contributed by atoms with van der Waals surface area (Å²) in [5.41, 5.74) is 0. The van der Waals surface area contributed by atoms with E-state index in [4.69, 9.17) is 11.6 Å². The van der Waals surface area contributed by atoms with Gasteiger partial charge >= 0.3 is 0 Å². The highest BCUT2D eigenvalue weighted by Gasteiger charge is 1.79. The van der Waals surface area contributed by atoms with Gasteiger partial charge in [-0.05, 0) is 0 Å². The van der Waals surface area contributed by atoms with E-state index < -0.39 is 0 Å². The van der Waals surface area contributed by atoms with Crippen LogP contribution >= 0.6 is 11.6 Å². The molecule has 0 N–H and O–H groups in total. The van der Waals surface area contributed by atoms with Crippen molar-refractivity contribution in [2.45, 2.75) is 0 Å². The van der Waals surface area contributed by atoms with Crippen LogP contribution < -0.4 is 0 Å². The number of halogens is 1. The van der Waals surface area contributed by atoms with Crippen LogP contribution in [0.2, 0.25) is 5.15 Å². The molecule has 0 aliphatic carbocycles. The largest absolute Gasteiger partial charge is 0.250 e. The Hall–Kier alpha value is -0.630. The van der Waals surface area contributed by atoms with Crippen molar-refractivity contribution in [3.63, 3.8) is 0 Å². The smallest absolute Gasteiger partial charge is 0.157 e. The van der Waals surface area contributed by atoms with Gasteiger partial charge in [0.25, 0.3) is 0 Å². The number of rotatable bonds is 0. The van der Waals surface area contributed by atoms with E-state index in [1.165, 1.54) is 12.4 Å². The zero-order valence-corrected chi connectivity index (χ0v) is 4.18. The summed E-state index contributed by atoms with van der Waals surface area (Å²) in [6.07, 6.45) is 5.47. The van der Waals surface area contributed by atoms with E-state index in [2.05, 4.69) is 16.2 Å².